The van der Waals surface area contributed by atoms with Gasteiger partial charge in [0.25, 0.3) is 5.91 Å². The number of carbonyl (C=O) groups excluding carboxylic acids is 1. The highest BCUT2D eigenvalue weighted by molar-refractivity contribution is 5.94. The largest absolute Gasteiger partial charge is 0.348 e. The number of imidazole rings is 1. The van der Waals surface area contributed by atoms with Gasteiger partial charge in [-0.25, -0.2) is 4.98 Å². The molecule has 2 aromatic carbocycles. The molecule has 27 heavy (non-hydrogen) atoms. The number of amides is 1. The molecule has 1 N–H and O–H groups in total. The minimum atomic E-state index is -0.0650. The van der Waals surface area contributed by atoms with Crippen molar-refractivity contribution in [1.29, 1.82) is 0 Å². The van der Waals surface area contributed by atoms with Crippen molar-refractivity contribution >= 4 is 5.91 Å². The van der Waals surface area contributed by atoms with Gasteiger partial charge in [0.1, 0.15) is 0 Å². The molecule has 0 unspecified atom stereocenters. The topological polar surface area (TPSA) is 50.2 Å². The van der Waals surface area contributed by atoms with E-state index in [0.29, 0.717) is 12.1 Å². The molecule has 140 valence electrons. The molecule has 0 saturated carbocycles. The van der Waals surface area contributed by atoms with Crippen molar-refractivity contribution in [1.82, 2.24) is 19.8 Å². The predicted molar refractivity (Wildman–Crippen MR) is 108 cm³/mol. The maximum atomic E-state index is 12.5. The van der Waals surface area contributed by atoms with E-state index in [2.05, 4.69) is 47.2 Å². The zero-order valence-corrected chi connectivity index (χ0v) is 15.9. The predicted octanol–water partition coefficient (Wildman–Crippen LogP) is 3.64. The number of rotatable bonds is 8. The fraction of sp³-hybridized carbons (Fsp3) is 0.273. The molecule has 0 bridgehead atoms. The summed E-state index contributed by atoms with van der Waals surface area (Å²) in [5.74, 6) is -0.0650. The quantitative estimate of drug-likeness (QED) is 0.665. The van der Waals surface area contributed by atoms with Crippen LogP contribution in [0.15, 0.2) is 67.3 Å². The van der Waals surface area contributed by atoms with Crippen molar-refractivity contribution in [3.8, 4) is 5.69 Å². The van der Waals surface area contributed by atoms with Gasteiger partial charge in [0.2, 0.25) is 0 Å². The Morgan fingerprint density at radius 2 is 1.74 bits per heavy atom. The van der Waals surface area contributed by atoms with E-state index in [1.807, 2.05) is 41.1 Å². The summed E-state index contributed by atoms with van der Waals surface area (Å²) in [5, 5.41) is 3.04. The molecule has 0 radical (unpaired) electrons. The van der Waals surface area contributed by atoms with Gasteiger partial charge in [-0.05, 0) is 48.5 Å². The number of benzene rings is 2. The van der Waals surface area contributed by atoms with Gasteiger partial charge in [-0.1, -0.05) is 38.1 Å². The summed E-state index contributed by atoms with van der Waals surface area (Å²) >= 11 is 0. The molecule has 0 aliphatic rings. The molecular weight excluding hydrogens is 336 g/mol. The first-order valence-corrected chi connectivity index (χ1v) is 9.37. The molecule has 0 saturated heterocycles. The van der Waals surface area contributed by atoms with Crippen LogP contribution in [0.25, 0.3) is 5.69 Å². The van der Waals surface area contributed by atoms with Gasteiger partial charge in [0, 0.05) is 36.7 Å². The smallest absolute Gasteiger partial charge is 0.251 e. The van der Waals surface area contributed by atoms with Crippen molar-refractivity contribution in [2.45, 2.75) is 26.9 Å². The maximum absolute atomic E-state index is 12.5. The number of hydrogen-bond acceptors (Lipinski definition) is 3. The summed E-state index contributed by atoms with van der Waals surface area (Å²) in [5.41, 5.74) is 4.05. The van der Waals surface area contributed by atoms with E-state index in [0.717, 1.165) is 30.9 Å². The monoisotopic (exact) mass is 362 g/mol. The lowest BCUT2D eigenvalue weighted by Crippen LogP contribution is -2.26. The zero-order chi connectivity index (χ0) is 19.1. The number of hydrogen-bond donors (Lipinski definition) is 1. The second kappa shape index (κ2) is 9.14. The van der Waals surface area contributed by atoms with Crippen LogP contribution in [0.4, 0.5) is 0 Å². The highest BCUT2D eigenvalue weighted by Crippen LogP contribution is 2.13. The molecule has 1 heterocycles. The van der Waals surface area contributed by atoms with Gasteiger partial charge >= 0.3 is 0 Å². The fourth-order valence-corrected chi connectivity index (χ4v) is 3.05. The van der Waals surface area contributed by atoms with E-state index in [-0.39, 0.29) is 5.91 Å². The molecule has 1 amide bonds. The van der Waals surface area contributed by atoms with Gasteiger partial charge in [0.05, 0.1) is 6.33 Å². The molecule has 0 spiro atoms. The molecule has 0 atom stereocenters. The van der Waals surface area contributed by atoms with Crippen molar-refractivity contribution in [2.24, 2.45) is 0 Å². The molecule has 3 rings (SSSR count). The van der Waals surface area contributed by atoms with E-state index in [4.69, 9.17) is 0 Å². The van der Waals surface area contributed by atoms with Crippen molar-refractivity contribution in [2.75, 3.05) is 13.1 Å². The van der Waals surface area contributed by atoms with Crippen molar-refractivity contribution < 1.29 is 4.79 Å². The minimum Gasteiger partial charge on any atom is -0.348 e. The Labute approximate surface area is 160 Å². The first kappa shape index (κ1) is 18.9. The van der Waals surface area contributed by atoms with E-state index < -0.39 is 0 Å². The van der Waals surface area contributed by atoms with E-state index in [1.54, 1.807) is 12.5 Å². The summed E-state index contributed by atoms with van der Waals surface area (Å²) in [6.45, 7) is 7.79. The number of nitrogens with one attached hydrogen (secondary N) is 1. The van der Waals surface area contributed by atoms with Gasteiger partial charge in [-0.3, -0.25) is 9.69 Å². The summed E-state index contributed by atoms with van der Waals surface area (Å²) in [4.78, 5) is 18.9. The van der Waals surface area contributed by atoms with Crippen LogP contribution in [0, 0.1) is 0 Å². The SMILES string of the molecule is CCN(CC)Cc1ccccc1CNC(=O)c1ccc(-n2ccnc2)cc1. The fourth-order valence-electron chi connectivity index (χ4n) is 3.05. The van der Waals surface area contributed by atoms with Crippen LogP contribution in [0.2, 0.25) is 0 Å². The third-order valence-electron chi connectivity index (χ3n) is 4.78. The third-order valence-corrected chi connectivity index (χ3v) is 4.78. The normalized spacial score (nSPS) is 10.9. The van der Waals surface area contributed by atoms with Crippen molar-refractivity contribution in [3.63, 3.8) is 0 Å². The summed E-state index contributed by atoms with van der Waals surface area (Å²) in [6.07, 6.45) is 5.35. The van der Waals surface area contributed by atoms with E-state index in [1.165, 1.54) is 5.56 Å². The molecule has 0 fully saturated rings. The van der Waals surface area contributed by atoms with Crippen LogP contribution in [0.5, 0.6) is 0 Å². The van der Waals surface area contributed by atoms with E-state index >= 15 is 0 Å². The van der Waals surface area contributed by atoms with Gasteiger partial charge in [-0.2, -0.15) is 0 Å². The molecular formula is C22H26N4O. The summed E-state index contributed by atoms with van der Waals surface area (Å²) in [7, 11) is 0. The minimum absolute atomic E-state index is 0.0650. The average Bonchev–Trinajstić information content (AvgIpc) is 3.26. The van der Waals surface area contributed by atoms with Gasteiger partial charge < -0.3 is 9.88 Å². The molecule has 0 aliphatic carbocycles. The maximum Gasteiger partial charge on any atom is 0.251 e. The van der Waals surface area contributed by atoms with Gasteiger partial charge in [-0.15, -0.1) is 0 Å². The molecule has 5 nitrogen and oxygen atoms in total. The van der Waals surface area contributed by atoms with Crippen LogP contribution in [-0.4, -0.2) is 33.4 Å². The highest BCUT2D eigenvalue weighted by Gasteiger charge is 2.09. The number of aromatic nitrogens is 2. The lowest BCUT2D eigenvalue weighted by Gasteiger charge is -2.20. The third kappa shape index (κ3) is 4.83. The Morgan fingerprint density at radius 3 is 2.37 bits per heavy atom. The van der Waals surface area contributed by atoms with Crippen LogP contribution in [-0.2, 0) is 13.1 Å². The summed E-state index contributed by atoms with van der Waals surface area (Å²) < 4.78 is 1.91. The van der Waals surface area contributed by atoms with Crippen LogP contribution in [0.1, 0.15) is 35.3 Å². The van der Waals surface area contributed by atoms with Gasteiger partial charge in [0.15, 0.2) is 0 Å². The standard InChI is InChI=1S/C22H26N4O/c1-3-25(4-2)16-20-8-6-5-7-19(20)15-24-22(27)18-9-11-21(12-10-18)26-14-13-23-17-26/h5-14,17H,3-4,15-16H2,1-2H3,(H,24,27). The first-order valence-electron chi connectivity index (χ1n) is 9.37. The van der Waals surface area contributed by atoms with Crippen molar-refractivity contribution in [3.05, 3.63) is 83.9 Å². The molecule has 0 aliphatic heterocycles. The summed E-state index contributed by atoms with van der Waals surface area (Å²) in [6, 6.07) is 15.8. The van der Waals surface area contributed by atoms with E-state index in [9.17, 15) is 4.79 Å². The van der Waals surface area contributed by atoms with Crippen LogP contribution >= 0.6 is 0 Å². The Hall–Kier alpha value is -2.92. The Balaban J connectivity index is 1.64. The lowest BCUT2D eigenvalue weighted by molar-refractivity contribution is 0.0950. The van der Waals surface area contributed by atoms with Crippen LogP contribution < -0.4 is 5.32 Å². The first-order chi connectivity index (χ1) is 13.2. The Morgan fingerprint density at radius 1 is 1.04 bits per heavy atom. The number of nitrogens with zero attached hydrogens (tertiary/aromatic N) is 3. The lowest BCUT2D eigenvalue weighted by atomic mass is 10.1. The molecule has 1 aromatic heterocycles. The highest BCUT2D eigenvalue weighted by atomic mass is 16.1. The molecule has 3 aromatic rings. The zero-order valence-electron chi connectivity index (χ0n) is 15.9. The Kier molecular flexibility index (Phi) is 6.39. The molecule has 5 heteroatoms. The second-order valence-electron chi connectivity index (χ2n) is 6.43. The van der Waals surface area contributed by atoms with Crippen LogP contribution in [0.3, 0.4) is 0 Å². The second-order valence-corrected chi connectivity index (χ2v) is 6.43. The Bertz CT molecular complexity index is 852. The average molecular weight is 362 g/mol. The number of carbonyl (C=O) groups is 1.